The fraction of sp³-hybridized carbons (Fsp3) is 0.536. The number of benzene rings is 1. The van der Waals surface area contributed by atoms with Crippen molar-refractivity contribution < 1.29 is 14.6 Å². The molecule has 3 aliphatic rings. The first kappa shape index (κ1) is 25.4. The molecule has 3 aromatic heterocycles. The number of fused-ring (bicyclic) bond motifs is 2. The van der Waals surface area contributed by atoms with Crippen LogP contribution in [0, 0.1) is 0 Å². The second-order valence-electron chi connectivity index (χ2n) is 11.0. The van der Waals surface area contributed by atoms with Gasteiger partial charge in [0.05, 0.1) is 30.4 Å². The molecule has 7 rings (SSSR count). The summed E-state index contributed by atoms with van der Waals surface area (Å²) in [6.07, 6.45) is 2.12. The number of aromatic nitrogens is 6. The number of aliphatic hydroxyl groups excluding tert-OH is 1. The molecule has 3 saturated heterocycles. The van der Waals surface area contributed by atoms with E-state index in [1.807, 2.05) is 45.3 Å². The lowest BCUT2D eigenvalue weighted by molar-refractivity contribution is -0.00109. The van der Waals surface area contributed by atoms with Crippen LogP contribution < -0.4 is 4.90 Å². The number of carbonyl (C=O) groups excluding carboxylic acids is 1. The maximum absolute atomic E-state index is 13.7. The van der Waals surface area contributed by atoms with Gasteiger partial charge in [-0.15, -0.1) is 0 Å². The van der Waals surface area contributed by atoms with Crippen LogP contribution in [-0.2, 0) is 18.2 Å². The minimum absolute atomic E-state index is 0.0920. The quantitative estimate of drug-likeness (QED) is 0.397. The number of ether oxygens (including phenoxy) is 1. The van der Waals surface area contributed by atoms with Gasteiger partial charge in [-0.1, -0.05) is 19.1 Å². The molecule has 1 N–H and O–H groups in total. The lowest BCUT2D eigenvalue weighted by Crippen LogP contribution is -2.62. The molecule has 4 aromatic rings. The average molecular weight is 546 g/mol. The third-order valence-electron chi connectivity index (χ3n) is 8.50. The summed E-state index contributed by atoms with van der Waals surface area (Å²) in [5.74, 6) is 2.40. The van der Waals surface area contributed by atoms with Crippen molar-refractivity contribution in [2.24, 2.45) is 7.05 Å². The van der Waals surface area contributed by atoms with Crippen LogP contribution in [0.2, 0.25) is 0 Å². The lowest BCUT2D eigenvalue weighted by atomic mass is 10.0. The highest BCUT2D eigenvalue weighted by Gasteiger charge is 2.38. The van der Waals surface area contributed by atoms with Crippen molar-refractivity contribution in [1.29, 1.82) is 0 Å². The van der Waals surface area contributed by atoms with Crippen molar-refractivity contribution in [3.05, 3.63) is 35.9 Å². The Bertz CT molecular complexity index is 1560. The van der Waals surface area contributed by atoms with Crippen LogP contribution in [0.15, 0.2) is 24.3 Å². The van der Waals surface area contributed by atoms with Gasteiger partial charge in [-0.25, -0.2) is 9.97 Å². The summed E-state index contributed by atoms with van der Waals surface area (Å²) in [4.78, 5) is 39.8. The Morgan fingerprint density at radius 3 is 2.52 bits per heavy atom. The van der Waals surface area contributed by atoms with Crippen molar-refractivity contribution >= 4 is 33.9 Å². The summed E-state index contributed by atoms with van der Waals surface area (Å²) in [5.41, 5.74) is 3.09. The van der Waals surface area contributed by atoms with E-state index in [1.54, 1.807) is 0 Å². The summed E-state index contributed by atoms with van der Waals surface area (Å²) in [6, 6.07) is 8.35. The fourth-order valence-corrected chi connectivity index (χ4v) is 6.10. The Morgan fingerprint density at radius 1 is 1.02 bits per heavy atom. The van der Waals surface area contributed by atoms with Crippen LogP contribution in [-0.4, -0.2) is 115 Å². The number of carbonyl (C=O) groups is 1. The van der Waals surface area contributed by atoms with Gasteiger partial charge in [0.25, 0.3) is 5.91 Å². The van der Waals surface area contributed by atoms with Crippen molar-refractivity contribution in [2.75, 3.05) is 57.4 Å². The summed E-state index contributed by atoms with van der Waals surface area (Å²) in [5, 5.41) is 9.84. The number of aliphatic hydroxyl groups is 1. The molecule has 0 atom stereocenters. The molecule has 6 heterocycles. The van der Waals surface area contributed by atoms with E-state index in [4.69, 9.17) is 24.7 Å². The molecule has 0 spiro atoms. The molecule has 0 saturated carbocycles. The SMILES string of the molecule is CCc1nc2ccccc2n1-c1nc(N2CCOCC2)c2nc(C(=O)N3CC(N4CCC(O)CC4)C3)n(C)c2n1. The van der Waals surface area contributed by atoms with Gasteiger partial charge in [-0.3, -0.25) is 14.3 Å². The molecule has 12 nitrogen and oxygen atoms in total. The number of imidazole rings is 2. The number of aryl methyl sites for hydroxylation is 2. The Morgan fingerprint density at radius 2 is 1.77 bits per heavy atom. The smallest absolute Gasteiger partial charge is 0.290 e. The molecule has 0 aliphatic carbocycles. The van der Waals surface area contributed by atoms with Gasteiger partial charge in [-0.05, 0) is 25.0 Å². The summed E-state index contributed by atoms with van der Waals surface area (Å²) in [7, 11) is 1.86. The van der Waals surface area contributed by atoms with Gasteiger partial charge < -0.3 is 24.2 Å². The topological polar surface area (TPSA) is 118 Å². The highest BCUT2D eigenvalue weighted by Crippen LogP contribution is 2.29. The number of morpholine rings is 1. The van der Waals surface area contributed by atoms with Gasteiger partial charge >= 0.3 is 0 Å². The maximum atomic E-state index is 13.7. The van der Waals surface area contributed by atoms with Gasteiger partial charge in [0, 0.05) is 58.8 Å². The standard InChI is InChI=1S/C28H35N9O3/c1-3-22-29-20-6-4-5-7-21(20)37(22)28-31-24-23(25(32-28)35-12-14-40-15-13-35)30-26(33(24)2)27(39)36-16-18(17-36)34-10-8-19(38)9-11-34/h4-7,18-19,38H,3,8-17H2,1-2H3. The van der Waals surface area contributed by atoms with Crippen LogP contribution >= 0.6 is 0 Å². The summed E-state index contributed by atoms with van der Waals surface area (Å²) >= 11 is 0. The summed E-state index contributed by atoms with van der Waals surface area (Å²) < 4.78 is 9.44. The minimum atomic E-state index is -0.200. The van der Waals surface area contributed by atoms with E-state index >= 15 is 0 Å². The first-order valence-corrected chi connectivity index (χ1v) is 14.3. The number of hydrogen-bond donors (Lipinski definition) is 1. The van der Waals surface area contributed by atoms with Crippen molar-refractivity contribution in [3.63, 3.8) is 0 Å². The highest BCUT2D eigenvalue weighted by molar-refractivity contribution is 5.97. The normalized spacial score (nSPS) is 19.6. The van der Waals surface area contributed by atoms with Gasteiger partial charge in [0.2, 0.25) is 11.8 Å². The third-order valence-corrected chi connectivity index (χ3v) is 8.50. The number of nitrogens with zero attached hydrogens (tertiary/aromatic N) is 9. The van der Waals surface area contributed by atoms with E-state index in [1.165, 1.54) is 0 Å². The fourth-order valence-electron chi connectivity index (χ4n) is 6.10. The van der Waals surface area contributed by atoms with E-state index in [2.05, 4.69) is 16.7 Å². The number of amides is 1. The zero-order valence-corrected chi connectivity index (χ0v) is 23.0. The van der Waals surface area contributed by atoms with Gasteiger partial charge in [0.1, 0.15) is 5.82 Å². The van der Waals surface area contributed by atoms with Crippen molar-refractivity contribution in [2.45, 2.75) is 38.3 Å². The molecule has 1 aromatic carbocycles. The molecule has 3 fully saturated rings. The molecular formula is C28H35N9O3. The molecule has 3 aliphatic heterocycles. The largest absolute Gasteiger partial charge is 0.393 e. The molecule has 210 valence electrons. The Balaban J connectivity index is 1.27. The van der Waals surface area contributed by atoms with Crippen LogP contribution in [0.5, 0.6) is 0 Å². The Kier molecular flexibility index (Phi) is 6.40. The van der Waals surface area contributed by atoms with Gasteiger partial charge in [-0.2, -0.15) is 9.97 Å². The van der Waals surface area contributed by atoms with Crippen molar-refractivity contribution in [1.82, 2.24) is 38.9 Å². The second kappa shape index (κ2) is 10.1. The first-order valence-electron chi connectivity index (χ1n) is 14.3. The van der Waals surface area contributed by atoms with E-state index in [0.717, 1.165) is 49.2 Å². The van der Waals surface area contributed by atoms with Crippen LogP contribution in [0.25, 0.3) is 28.1 Å². The first-order chi connectivity index (χ1) is 19.5. The number of hydrogen-bond acceptors (Lipinski definition) is 9. The monoisotopic (exact) mass is 545 g/mol. The van der Waals surface area contributed by atoms with E-state index in [-0.39, 0.29) is 12.0 Å². The predicted molar refractivity (Wildman–Crippen MR) is 150 cm³/mol. The third kappa shape index (κ3) is 4.21. The maximum Gasteiger partial charge on any atom is 0.290 e. The van der Waals surface area contributed by atoms with Crippen LogP contribution in [0.4, 0.5) is 5.82 Å². The molecule has 40 heavy (non-hydrogen) atoms. The van der Waals surface area contributed by atoms with E-state index in [0.29, 0.717) is 74.2 Å². The van der Waals surface area contributed by atoms with Crippen LogP contribution in [0.3, 0.4) is 0 Å². The van der Waals surface area contributed by atoms with E-state index in [9.17, 15) is 9.90 Å². The van der Waals surface area contributed by atoms with Crippen molar-refractivity contribution in [3.8, 4) is 5.95 Å². The Hall–Kier alpha value is -3.61. The number of piperidine rings is 1. The second-order valence-corrected chi connectivity index (χ2v) is 11.0. The highest BCUT2D eigenvalue weighted by atomic mass is 16.5. The van der Waals surface area contributed by atoms with Gasteiger partial charge in [0.15, 0.2) is 17.0 Å². The molecule has 0 radical (unpaired) electrons. The lowest BCUT2D eigenvalue weighted by Gasteiger charge is -2.47. The predicted octanol–water partition coefficient (Wildman–Crippen LogP) is 1.38. The number of anilines is 1. The summed E-state index contributed by atoms with van der Waals surface area (Å²) in [6.45, 7) is 7.77. The number of para-hydroxylation sites is 2. The van der Waals surface area contributed by atoms with Crippen LogP contribution in [0.1, 0.15) is 36.2 Å². The molecule has 0 unspecified atom stereocenters. The number of likely N-dealkylation sites (tertiary alicyclic amines) is 2. The average Bonchev–Trinajstić information content (AvgIpc) is 3.50. The molecule has 0 bridgehead atoms. The zero-order valence-electron chi connectivity index (χ0n) is 23.0. The molecular weight excluding hydrogens is 510 g/mol. The molecule has 1 amide bonds. The minimum Gasteiger partial charge on any atom is -0.393 e. The molecule has 12 heteroatoms. The van der Waals surface area contributed by atoms with E-state index < -0.39 is 0 Å². The zero-order chi connectivity index (χ0) is 27.4. The number of rotatable bonds is 5. The Labute approximate surface area is 232 Å².